The lowest BCUT2D eigenvalue weighted by Crippen LogP contribution is -2.63. The van der Waals surface area contributed by atoms with Crippen LogP contribution in [0.3, 0.4) is 0 Å². The summed E-state index contributed by atoms with van der Waals surface area (Å²) < 4.78 is 50.8. The number of ether oxygens (including phenoxy) is 9. The maximum Gasteiger partial charge on any atom is 0.308 e. The molecule has 2 aliphatic rings. The van der Waals surface area contributed by atoms with Crippen LogP contribution in [0.2, 0.25) is 0 Å². The second-order valence-electron chi connectivity index (χ2n) is 11.3. The Balaban J connectivity index is 1.99. The van der Waals surface area contributed by atoms with Crippen molar-refractivity contribution in [3.8, 4) is 17.2 Å². The van der Waals surface area contributed by atoms with Crippen LogP contribution in [0.4, 0.5) is 0 Å². The van der Waals surface area contributed by atoms with E-state index in [1.807, 2.05) is 0 Å². The molecule has 2 heterocycles. The lowest BCUT2D eigenvalue weighted by molar-refractivity contribution is -0.288. The molecule has 0 spiro atoms. The fourth-order valence-corrected chi connectivity index (χ4v) is 5.70. The average molecular weight is 689 g/mol. The largest absolute Gasteiger partial charge is 0.463 e. The number of rotatable bonds is 9. The van der Waals surface area contributed by atoms with Gasteiger partial charge < -0.3 is 42.6 Å². The zero-order chi connectivity index (χ0) is 36.3. The maximum atomic E-state index is 13.3. The van der Waals surface area contributed by atoms with Crippen molar-refractivity contribution in [2.24, 2.45) is 0 Å². The van der Waals surface area contributed by atoms with Crippen LogP contribution < -0.4 is 14.2 Å². The van der Waals surface area contributed by atoms with Crippen LogP contribution in [-0.4, -0.2) is 85.0 Å². The first-order valence-corrected chi connectivity index (χ1v) is 15.1. The molecule has 0 aliphatic carbocycles. The Bertz CT molecular complexity index is 1700. The summed E-state index contributed by atoms with van der Waals surface area (Å²) in [6, 6.07) is 4.18. The lowest BCUT2D eigenvalue weighted by Gasteiger charge is -2.44. The summed E-state index contributed by atoms with van der Waals surface area (Å²) in [6.07, 6.45) is -9.24. The van der Waals surface area contributed by atoms with Gasteiger partial charge >= 0.3 is 35.8 Å². The molecule has 1 fully saturated rings. The van der Waals surface area contributed by atoms with Gasteiger partial charge in [0.25, 0.3) is 0 Å². The Morgan fingerprint density at radius 1 is 0.673 bits per heavy atom. The number of esters is 6. The lowest BCUT2D eigenvalue weighted by atomic mass is 9.89. The third-order valence-corrected chi connectivity index (χ3v) is 7.32. The Morgan fingerprint density at radius 3 is 1.84 bits per heavy atom. The van der Waals surface area contributed by atoms with Gasteiger partial charge in [0.05, 0.1) is 11.5 Å². The number of carbonyl (C=O) groups excluding carboxylic acids is 7. The first-order valence-electron chi connectivity index (χ1n) is 15.1. The monoisotopic (exact) mass is 688 g/mol. The standard InChI is InChI=1S/C33H36O16/c1-13-26-23(28(40)14(2)42-13)10-21-9-22(43-16(4)35)11-24(27(21)30(26)45-18(6)37)48-33-32(47-20(8)39)31(46-19(7)38)29(44-17(5)36)25(49-33)12-41-15(3)34/h9-11,13-14,25,29,31-33H,12H2,1-8H3/t13-,14-,25-,29+,31+,32-,33+/m0/s1. The molecule has 264 valence electrons. The SMILES string of the molecule is CC(=O)OC[C@@H]1O[C@@H](Oc2cc(OC(C)=O)cc3cc4c(c(OC(C)=O)c23)[C@H](C)O[C@@H](C)C4=O)[C@@H](OC(C)=O)[C@H](OC(C)=O)[C@@H]1OC(C)=O. The van der Waals surface area contributed by atoms with E-state index in [9.17, 15) is 33.6 Å². The second-order valence-corrected chi connectivity index (χ2v) is 11.3. The molecule has 0 aromatic heterocycles. The van der Waals surface area contributed by atoms with E-state index in [2.05, 4.69) is 0 Å². The Kier molecular flexibility index (Phi) is 11.2. The van der Waals surface area contributed by atoms with Gasteiger partial charge in [-0.2, -0.15) is 0 Å². The molecule has 7 atom stereocenters. The van der Waals surface area contributed by atoms with Crippen molar-refractivity contribution in [3.05, 3.63) is 29.3 Å². The summed E-state index contributed by atoms with van der Waals surface area (Å²) in [5, 5.41) is 0.319. The number of carbonyl (C=O) groups is 7. The molecule has 0 N–H and O–H groups in total. The highest BCUT2D eigenvalue weighted by Gasteiger charge is 2.53. The van der Waals surface area contributed by atoms with E-state index in [0.717, 1.165) is 41.5 Å². The Morgan fingerprint density at radius 2 is 1.27 bits per heavy atom. The molecule has 2 aromatic rings. The number of Topliss-reactive ketones (excluding diaryl/α,β-unsaturated/α-hetero) is 1. The van der Waals surface area contributed by atoms with E-state index in [1.54, 1.807) is 13.8 Å². The highest BCUT2D eigenvalue weighted by Crippen LogP contribution is 2.47. The minimum atomic E-state index is -1.70. The molecule has 16 heteroatoms. The number of hydrogen-bond donors (Lipinski definition) is 0. The van der Waals surface area contributed by atoms with E-state index in [1.165, 1.54) is 18.2 Å². The van der Waals surface area contributed by atoms with E-state index >= 15 is 0 Å². The van der Waals surface area contributed by atoms with Crippen LogP contribution in [0.1, 0.15) is 77.4 Å². The molecule has 2 aliphatic heterocycles. The van der Waals surface area contributed by atoms with E-state index in [0.29, 0.717) is 0 Å². The van der Waals surface area contributed by atoms with Crippen LogP contribution in [0.5, 0.6) is 17.2 Å². The smallest absolute Gasteiger partial charge is 0.308 e. The molecule has 0 radical (unpaired) electrons. The van der Waals surface area contributed by atoms with E-state index in [-0.39, 0.29) is 39.1 Å². The number of benzene rings is 2. The Labute approximate surface area is 280 Å². The fourth-order valence-electron chi connectivity index (χ4n) is 5.70. The summed E-state index contributed by atoms with van der Waals surface area (Å²) in [7, 11) is 0. The van der Waals surface area contributed by atoms with Crippen LogP contribution in [0, 0.1) is 0 Å². The van der Waals surface area contributed by atoms with Crippen LogP contribution in [-0.2, 0) is 57.2 Å². The number of hydrogen-bond acceptors (Lipinski definition) is 16. The van der Waals surface area contributed by atoms with Crippen molar-refractivity contribution in [2.45, 2.75) is 98.3 Å². The molecule has 0 saturated carbocycles. The topological polar surface area (TPSA) is 203 Å². The van der Waals surface area contributed by atoms with Gasteiger partial charge in [-0.15, -0.1) is 0 Å². The first-order chi connectivity index (χ1) is 23.0. The molecule has 0 amide bonds. The quantitative estimate of drug-likeness (QED) is 0.211. The van der Waals surface area contributed by atoms with Crippen molar-refractivity contribution in [1.29, 1.82) is 0 Å². The van der Waals surface area contributed by atoms with E-state index < -0.39 is 91.1 Å². The van der Waals surface area contributed by atoms with Gasteiger partial charge in [-0.05, 0) is 31.4 Å². The van der Waals surface area contributed by atoms with Crippen LogP contribution in [0.15, 0.2) is 18.2 Å². The summed E-state index contributed by atoms with van der Waals surface area (Å²) in [4.78, 5) is 86.3. The minimum absolute atomic E-state index is 0.0602. The molecule has 0 bridgehead atoms. The van der Waals surface area contributed by atoms with Gasteiger partial charge in [0.1, 0.15) is 36.1 Å². The van der Waals surface area contributed by atoms with Gasteiger partial charge in [-0.3, -0.25) is 33.6 Å². The predicted molar refractivity (Wildman–Crippen MR) is 162 cm³/mol. The van der Waals surface area contributed by atoms with Crippen molar-refractivity contribution in [2.75, 3.05) is 6.61 Å². The zero-order valence-electron chi connectivity index (χ0n) is 28.0. The first kappa shape index (κ1) is 36.7. The normalized spacial score (nSPS) is 24.6. The highest BCUT2D eigenvalue weighted by atomic mass is 16.7. The third kappa shape index (κ3) is 8.50. The molecule has 2 aromatic carbocycles. The summed E-state index contributed by atoms with van der Waals surface area (Å²) in [5.74, 6) is -5.47. The summed E-state index contributed by atoms with van der Waals surface area (Å²) >= 11 is 0. The molecular formula is C33H36O16. The van der Waals surface area contributed by atoms with Crippen LogP contribution >= 0.6 is 0 Å². The molecule has 0 unspecified atom stereocenters. The molecule has 16 nitrogen and oxygen atoms in total. The highest BCUT2D eigenvalue weighted by molar-refractivity contribution is 6.09. The molecular weight excluding hydrogens is 652 g/mol. The number of ketones is 1. The molecule has 4 rings (SSSR count). The van der Waals surface area contributed by atoms with Gasteiger partial charge in [0.2, 0.25) is 12.4 Å². The van der Waals surface area contributed by atoms with Gasteiger partial charge in [0.15, 0.2) is 18.0 Å². The fraction of sp³-hybridized carbons (Fsp3) is 0.485. The Hall–Kier alpha value is -5.09. The molecule has 1 saturated heterocycles. The zero-order valence-corrected chi connectivity index (χ0v) is 28.0. The average Bonchev–Trinajstić information content (AvgIpc) is 2.96. The third-order valence-electron chi connectivity index (χ3n) is 7.32. The van der Waals surface area contributed by atoms with Gasteiger partial charge in [-0.25, -0.2) is 0 Å². The molecule has 49 heavy (non-hydrogen) atoms. The van der Waals surface area contributed by atoms with Gasteiger partial charge in [-0.1, -0.05) is 0 Å². The van der Waals surface area contributed by atoms with E-state index in [4.69, 9.17) is 42.6 Å². The second kappa shape index (κ2) is 15.0. The summed E-state index contributed by atoms with van der Waals surface area (Å²) in [6.45, 7) is 9.36. The summed E-state index contributed by atoms with van der Waals surface area (Å²) in [5.41, 5.74) is 0.422. The van der Waals surface area contributed by atoms with Crippen molar-refractivity contribution >= 4 is 52.4 Å². The predicted octanol–water partition coefficient (Wildman–Crippen LogP) is 2.81. The minimum Gasteiger partial charge on any atom is -0.463 e. The van der Waals surface area contributed by atoms with Crippen molar-refractivity contribution < 1.29 is 76.2 Å². The van der Waals surface area contributed by atoms with Gasteiger partial charge in [0, 0.05) is 58.7 Å². The van der Waals surface area contributed by atoms with Crippen LogP contribution in [0.25, 0.3) is 10.8 Å². The van der Waals surface area contributed by atoms with Crippen molar-refractivity contribution in [1.82, 2.24) is 0 Å². The maximum absolute atomic E-state index is 13.3. The van der Waals surface area contributed by atoms with Crippen molar-refractivity contribution in [3.63, 3.8) is 0 Å². The number of fused-ring (bicyclic) bond motifs is 2.